The average Bonchev–Trinajstić information content (AvgIpc) is 2.89. The number of rotatable bonds is 10. The molecule has 0 aromatic heterocycles. The third-order valence-electron chi connectivity index (χ3n) is 6.10. The largest absolute Gasteiger partial charge is 0.460 e. The van der Waals surface area contributed by atoms with Crippen molar-refractivity contribution in [3.63, 3.8) is 0 Å². The van der Waals surface area contributed by atoms with Gasteiger partial charge in [-0.2, -0.15) is 0 Å². The number of non-ortho nitro benzene ring substituents is 1. The molecule has 11 heteroatoms. The van der Waals surface area contributed by atoms with Crippen LogP contribution in [0.15, 0.2) is 66.6 Å². The van der Waals surface area contributed by atoms with Gasteiger partial charge in [0.2, 0.25) is 11.8 Å². The van der Waals surface area contributed by atoms with Crippen molar-refractivity contribution < 1.29 is 24.0 Å². The standard InChI is InChI=1S/C25H25N3O6S2/c1-2-35-15-25(24(31)34-13-18-8-10-19(11-9-18)28(32)33)14-27-22(30)21(23(27)36-16-25)26-20(29)12-17-6-4-3-5-7-17/h2-11,21,23H,1,12-16H2,(H,26,29)/t21?,23-,25?/m1/s1. The number of hydrogen-bond acceptors (Lipinski definition) is 8. The molecule has 0 saturated carbocycles. The predicted molar refractivity (Wildman–Crippen MR) is 138 cm³/mol. The molecule has 2 aliphatic heterocycles. The Hall–Kier alpha value is -3.31. The van der Waals surface area contributed by atoms with Crippen molar-refractivity contribution in [3.8, 4) is 0 Å². The van der Waals surface area contributed by atoms with Crippen LogP contribution >= 0.6 is 23.5 Å². The lowest BCUT2D eigenvalue weighted by atomic mass is 9.89. The SMILES string of the molecule is C=CSCC1(C(=O)OCc2ccc([N+](=O)[O-])cc2)CS[C@@H]2C(NC(=O)Cc3ccccc3)C(=O)N2C1. The summed E-state index contributed by atoms with van der Waals surface area (Å²) in [5.41, 5.74) is 0.518. The van der Waals surface area contributed by atoms with Crippen molar-refractivity contribution in [2.24, 2.45) is 5.41 Å². The van der Waals surface area contributed by atoms with Crippen LogP contribution < -0.4 is 5.32 Å². The summed E-state index contributed by atoms with van der Waals surface area (Å²) in [5.74, 6) is -0.0621. The fourth-order valence-corrected chi connectivity index (χ4v) is 6.55. The summed E-state index contributed by atoms with van der Waals surface area (Å²) in [6.07, 6.45) is 0.191. The summed E-state index contributed by atoms with van der Waals surface area (Å²) < 4.78 is 5.59. The van der Waals surface area contributed by atoms with Gasteiger partial charge in [-0.3, -0.25) is 24.5 Å². The minimum atomic E-state index is -0.935. The highest BCUT2D eigenvalue weighted by atomic mass is 32.2. The molecule has 2 heterocycles. The second kappa shape index (κ2) is 11.2. The van der Waals surface area contributed by atoms with E-state index in [9.17, 15) is 24.5 Å². The molecule has 188 valence electrons. The van der Waals surface area contributed by atoms with E-state index in [2.05, 4.69) is 11.9 Å². The van der Waals surface area contributed by atoms with Crippen LogP contribution in [0, 0.1) is 15.5 Å². The number of thioether (sulfide) groups is 2. The van der Waals surface area contributed by atoms with Crippen molar-refractivity contribution in [1.82, 2.24) is 10.2 Å². The van der Waals surface area contributed by atoms with Gasteiger partial charge in [0.1, 0.15) is 23.4 Å². The number of benzene rings is 2. The zero-order valence-electron chi connectivity index (χ0n) is 19.3. The summed E-state index contributed by atoms with van der Waals surface area (Å²) >= 11 is 2.83. The smallest absolute Gasteiger partial charge is 0.315 e. The van der Waals surface area contributed by atoms with Crippen LogP contribution in [0.1, 0.15) is 11.1 Å². The van der Waals surface area contributed by atoms with Crippen LogP contribution in [0.2, 0.25) is 0 Å². The van der Waals surface area contributed by atoms with Crippen LogP contribution in [-0.2, 0) is 32.1 Å². The highest BCUT2D eigenvalue weighted by molar-refractivity contribution is 8.02. The fourth-order valence-electron chi connectivity index (χ4n) is 4.14. The number of carbonyl (C=O) groups is 3. The molecule has 2 amide bonds. The maximum atomic E-state index is 13.2. The number of fused-ring (bicyclic) bond motifs is 1. The Morgan fingerprint density at radius 3 is 2.61 bits per heavy atom. The summed E-state index contributed by atoms with van der Waals surface area (Å²) in [4.78, 5) is 50.6. The van der Waals surface area contributed by atoms with E-state index >= 15 is 0 Å². The van der Waals surface area contributed by atoms with Gasteiger partial charge in [0.05, 0.1) is 11.3 Å². The van der Waals surface area contributed by atoms with Gasteiger partial charge in [-0.05, 0) is 28.7 Å². The van der Waals surface area contributed by atoms with E-state index < -0.39 is 22.3 Å². The number of ether oxygens (including phenoxy) is 1. The third-order valence-corrected chi connectivity index (χ3v) is 8.64. The highest BCUT2D eigenvalue weighted by Gasteiger charge is 2.57. The van der Waals surface area contributed by atoms with Gasteiger partial charge < -0.3 is 15.0 Å². The van der Waals surface area contributed by atoms with Gasteiger partial charge in [0.15, 0.2) is 0 Å². The molecular formula is C25H25N3O6S2. The van der Waals surface area contributed by atoms with E-state index in [1.54, 1.807) is 22.4 Å². The van der Waals surface area contributed by atoms with E-state index in [0.717, 1.165) is 5.56 Å². The highest BCUT2D eigenvalue weighted by Crippen LogP contribution is 2.44. The first-order valence-corrected chi connectivity index (χ1v) is 13.3. The lowest BCUT2D eigenvalue weighted by molar-refractivity contribution is -0.384. The molecule has 9 nitrogen and oxygen atoms in total. The van der Waals surface area contributed by atoms with Crippen molar-refractivity contribution in [2.45, 2.75) is 24.4 Å². The minimum Gasteiger partial charge on any atom is -0.460 e. The molecule has 0 radical (unpaired) electrons. The molecule has 1 N–H and O–H groups in total. The van der Waals surface area contributed by atoms with Crippen molar-refractivity contribution >= 4 is 47.0 Å². The number of nitro groups is 1. The monoisotopic (exact) mass is 527 g/mol. The van der Waals surface area contributed by atoms with Crippen LogP contribution in [0.25, 0.3) is 0 Å². The lowest BCUT2D eigenvalue weighted by Gasteiger charge is -2.54. The number of β-lactam (4-membered cyclic amide) rings is 1. The van der Waals surface area contributed by atoms with Crippen molar-refractivity contribution in [1.29, 1.82) is 0 Å². The van der Waals surface area contributed by atoms with Gasteiger partial charge >= 0.3 is 5.97 Å². The summed E-state index contributed by atoms with van der Waals surface area (Å²) in [7, 11) is 0. The number of amides is 2. The number of nitrogens with one attached hydrogen (secondary N) is 1. The maximum absolute atomic E-state index is 13.2. The van der Waals surface area contributed by atoms with E-state index in [0.29, 0.717) is 17.1 Å². The molecule has 2 unspecified atom stereocenters. The third kappa shape index (κ3) is 5.57. The second-order valence-electron chi connectivity index (χ2n) is 8.63. The van der Waals surface area contributed by atoms with E-state index in [4.69, 9.17) is 4.74 Å². The summed E-state index contributed by atoms with van der Waals surface area (Å²) in [6.45, 7) is 3.87. The molecule has 2 aromatic rings. The summed E-state index contributed by atoms with van der Waals surface area (Å²) in [6, 6.07) is 14.5. The number of esters is 1. The Kier molecular flexibility index (Phi) is 8.00. The Bertz CT molecular complexity index is 1160. The predicted octanol–water partition coefficient (Wildman–Crippen LogP) is 3.14. The molecule has 0 bridgehead atoms. The van der Waals surface area contributed by atoms with E-state index in [-0.39, 0.29) is 42.4 Å². The van der Waals surface area contributed by atoms with Crippen LogP contribution in [0.4, 0.5) is 5.69 Å². The van der Waals surface area contributed by atoms with Gasteiger partial charge in [0, 0.05) is 30.2 Å². The second-order valence-corrected chi connectivity index (χ2v) is 10.7. The Morgan fingerprint density at radius 1 is 1.22 bits per heavy atom. The van der Waals surface area contributed by atoms with Gasteiger partial charge in [-0.1, -0.05) is 36.9 Å². The lowest BCUT2D eigenvalue weighted by Crippen LogP contribution is -2.74. The first-order valence-electron chi connectivity index (χ1n) is 11.2. The molecule has 0 aliphatic carbocycles. The quantitative estimate of drug-likeness (QED) is 0.217. The fraction of sp³-hybridized carbons (Fsp3) is 0.320. The van der Waals surface area contributed by atoms with Gasteiger partial charge in [0.25, 0.3) is 5.69 Å². The Morgan fingerprint density at radius 2 is 1.94 bits per heavy atom. The Labute approximate surface area is 216 Å². The molecule has 2 saturated heterocycles. The first kappa shape index (κ1) is 25.8. The van der Waals surface area contributed by atoms with Crippen LogP contribution in [0.5, 0.6) is 0 Å². The minimum absolute atomic E-state index is 0.0302. The average molecular weight is 528 g/mol. The first-order chi connectivity index (χ1) is 17.3. The number of hydrogen-bond donors (Lipinski definition) is 1. The molecule has 2 aliphatic rings. The van der Waals surface area contributed by atoms with E-state index in [1.807, 2.05) is 30.3 Å². The zero-order chi connectivity index (χ0) is 25.7. The molecular weight excluding hydrogens is 502 g/mol. The van der Waals surface area contributed by atoms with Crippen molar-refractivity contribution in [2.75, 3.05) is 18.1 Å². The number of carbonyl (C=O) groups excluding carboxylic acids is 3. The topological polar surface area (TPSA) is 119 Å². The molecule has 0 spiro atoms. The Balaban J connectivity index is 1.37. The normalized spacial score (nSPS) is 22.7. The summed E-state index contributed by atoms with van der Waals surface area (Å²) in [5, 5.41) is 15.1. The van der Waals surface area contributed by atoms with Gasteiger partial charge in [-0.15, -0.1) is 23.5 Å². The molecule has 4 rings (SSSR count). The van der Waals surface area contributed by atoms with Crippen LogP contribution in [0.3, 0.4) is 0 Å². The zero-order valence-corrected chi connectivity index (χ0v) is 21.0. The maximum Gasteiger partial charge on any atom is 0.315 e. The van der Waals surface area contributed by atoms with Gasteiger partial charge in [-0.25, -0.2) is 0 Å². The number of nitrogens with zero attached hydrogens (tertiary/aromatic N) is 2. The van der Waals surface area contributed by atoms with Crippen molar-refractivity contribution in [3.05, 3.63) is 87.8 Å². The number of nitro benzene ring substituents is 1. The molecule has 3 atom stereocenters. The van der Waals surface area contributed by atoms with E-state index in [1.165, 1.54) is 35.7 Å². The molecule has 36 heavy (non-hydrogen) atoms. The van der Waals surface area contributed by atoms with Crippen LogP contribution in [-0.4, -0.2) is 57.1 Å². The molecule has 2 fully saturated rings. The molecule has 2 aromatic carbocycles.